The van der Waals surface area contributed by atoms with Gasteiger partial charge in [-0.25, -0.2) is 5.48 Å². The Bertz CT molecular complexity index is 134. The van der Waals surface area contributed by atoms with Crippen LogP contribution in [-0.2, 0) is 9.63 Å². The number of nitrogens with one attached hydrogen (secondary N) is 2. The van der Waals surface area contributed by atoms with Gasteiger partial charge in [0.15, 0.2) is 0 Å². The van der Waals surface area contributed by atoms with Crippen molar-refractivity contribution in [2.24, 2.45) is 0 Å². The summed E-state index contributed by atoms with van der Waals surface area (Å²) in [6.45, 7) is 2.70. The molecule has 64 valence electrons. The van der Waals surface area contributed by atoms with E-state index in [2.05, 4.69) is 10.8 Å². The Morgan fingerprint density at radius 1 is 1.64 bits per heavy atom. The Balaban J connectivity index is 1.91. The van der Waals surface area contributed by atoms with Crippen LogP contribution in [0.3, 0.4) is 0 Å². The van der Waals surface area contributed by atoms with Crippen molar-refractivity contribution in [1.82, 2.24) is 10.8 Å². The first-order valence-electron chi connectivity index (χ1n) is 3.97. The summed E-state index contributed by atoms with van der Waals surface area (Å²) in [7, 11) is 0. The van der Waals surface area contributed by atoms with Crippen molar-refractivity contribution in [3.8, 4) is 0 Å². The Morgan fingerprint density at radius 3 is 2.91 bits per heavy atom. The van der Waals surface area contributed by atoms with E-state index in [4.69, 9.17) is 4.84 Å². The third-order valence-corrected chi connectivity index (χ3v) is 1.46. The molecule has 4 heteroatoms. The molecular weight excluding hydrogens is 144 g/mol. The normalized spacial score (nSPS) is 16.5. The Hall–Kier alpha value is -0.610. The first-order chi connectivity index (χ1) is 5.33. The maximum Gasteiger partial charge on any atom is 0.257 e. The van der Waals surface area contributed by atoms with Gasteiger partial charge in [0.05, 0.1) is 13.2 Å². The second-order valence-electron chi connectivity index (χ2n) is 2.61. The number of amides is 1. The first-order valence-corrected chi connectivity index (χ1v) is 3.97. The first kappa shape index (κ1) is 8.49. The van der Waals surface area contributed by atoms with Gasteiger partial charge in [0, 0.05) is 6.04 Å². The molecule has 0 spiro atoms. The zero-order valence-corrected chi connectivity index (χ0v) is 6.72. The lowest BCUT2D eigenvalue weighted by Gasteiger charge is -2.03. The molecule has 1 rings (SSSR count). The summed E-state index contributed by atoms with van der Waals surface area (Å²) < 4.78 is 0. The molecule has 4 nitrogen and oxygen atoms in total. The Kier molecular flexibility index (Phi) is 3.32. The number of carbonyl (C=O) groups excluding carboxylic acids is 1. The fraction of sp³-hybridized carbons (Fsp3) is 0.857. The summed E-state index contributed by atoms with van der Waals surface area (Å²) in [6.07, 6.45) is 2.39. The lowest BCUT2D eigenvalue weighted by atomic mass is 10.5. The molecule has 1 saturated carbocycles. The van der Waals surface area contributed by atoms with Crippen molar-refractivity contribution in [2.75, 3.05) is 13.2 Å². The van der Waals surface area contributed by atoms with E-state index in [1.807, 2.05) is 6.92 Å². The van der Waals surface area contributed by atoms with Crippen LogP contribution in [0.4, 0.5) is 0 Å². The van der Waals surface area contributed by atoms with E-state index >= 15 is 0 Å². The summed E-state index contributed by atoms with van der Waals surface area (Å²) in [5, 5.41) is 3.07. The fourth-order valence-corrected chi connectivity index (χ4v) is 0.713. The number of rotatable bonds is 5. The third-order valence-electron chi connectivity index (χ3n) is 1.46. The summed E-state index contributed by atoms with van der Waals surface area (Å²) >= 11 is 0. The van der Waals surface area contributed by atoms with Crippen molar-refractivity contribution >= 4 is 5.91 Å². The van der Waals surface area contributed by atoms with Gasteiger partial charge < -0.3 is 5.32 Å². The molecule has 11 heavy (non-hydrogen) atoms. The molecule has 0 aliphatic heterocycles. The molecule has 0 aromatic carbocycles. The lowest BCUT2D eigenvalue weighted by molar-refractivity contribution is -0.132. The highest BCUT2D eigenvalue weighted by atomic mass is 16.6. The van der Waals surface area contributed by atoms with Crippen LogP contribution in [-0.4, -0.2) is 25.1 Å². The van der Waals surface area contributed by atoms with Crippen molar-refractivity contribution in [3.05, 3.63) is 0 Å². The van der Waals surface area contributed by atoms with Crippen molar-refractivity contribution in [3.63, 3.8) is 0 Å². The minimum atomic E-state index is -0.0984. The van der Waals surface area contributed by atoms with Crippen molar-refractivity contribution in [1.29, 1.82) is 0 Å². The molecule has 0 aromatic heterocycles. The Morgan fingerprint density at radius 2 is 2.36 bits per heavy atom. The maximum absolute atomic E-state index is 10.8. The second-order valence-corrected chi connectivity index (χ2v) is 2.61. The van der Waals surface area contributed by atoms with Gasteiger partial charge in [-0.3, -0.25) is 9.63 Å². The topological polar surface area (TPSA) is 50.4 Å². The van der Waals surface area contributed by atoms with Crippen molar-refractivity contribution < 1.29 is 9.63 Å². The number of hydroxylamine groups is 1. The fourth-order valence-electron chi connectivity index (χ4n) is 0.713. The van der Waals surface area contributed by atoms with E-state index in [-0.39, 0.29) is 5.91 Å². The largest absolute Gasteiger partial charge is 0.306 e. The molecule has 2 N–H and O–H groups in total. The average molecular weight is 158 g/mol. The predicted octanol–water partition coefficient (Wildman–Crippen LogP) is -0.194. The molecular formula is C7H14N2O2. The van der Waals surface area contributed by atoms with E-state index in [1.54, 1.807) is 0 Å². The quantitative estimate of drug-likeness (QED) is 0.545. The lowest BCUT2D eigenvalue weighted by Crippen LogP contribution is -2.34. The van der Waals surface area contributed by atoms with Crippen molar-refractivity contribution in [2.45, 2.75) is 25.8 Å². The number of hydrogen-bond donors (Lipinski definition) is 2. The Labute approximate surface area is 66.3 Å². The van der Waals surface area contributed by atoms with Gasteiger partial charge in [0.25, 0.3) is 5.91 Å². The molecule has 1 aliphatic carbocycles. The van der Waals surface area contributed by atoms with E-state index in [0.717, 1.165) is 0 Å². The van der Waals surface area contributed by atoms with Gasteiger partial charge in [0.1, 0.15) is 0 Å². The SMILES string of the molecule is CCONC(=O)CNC1CC1. The maximum atomic E-state index is 10.8. The number of hydrogen-bond acceptors (Lipinski definition) is 3. The van der Waals surface area contributed by atoms with E-state index in [9.17, 15) is 4.79 Å². The van der Waals surface area contributed by atoms with Crippen LogP contribution in [0.2, 0.25) is 0 Å². The van der Waals surface area contributed by atoms with Crippen LogP contribution in [0.25, 0.3) is 0 Å². The van der Waals surface area contributed by atoms with Gasteiger partial charge in [0.2, 0.25) is 0 Å². The highest BCUT2D eigenvalue weighted by Gasteiger charge is 2.20. The smallest absolute Gasteiger partial charge is 0.257 e. The third kappa shape index (κ3) is 3.95. The highest BCUT2D eigenvalue weighted by molar-refractivity contribution is 5.76. The average Bonchev–Trinajstić information content (AvgIpc) is 2.80. The molecule has 0 radical (unpaired) electrons. The molecule has 1 fully saturated rings. The minimum Gasteiger partial charge on any atom is -0.306 e. The molecule has 0 aromatic rings. The van der Waals surface area contributed by atoms with E-state index in [0.29, 0.717) is 19.2 Å². The zero-order valence-electron chi connectivity index (χ0n) is 6.72. The molecule has 0 saturated heterocycles. The zero-order chi connectivity index (χ0) is 8.10. The van der Waals surface area contributed by atoms with Gasteiger partial charge in [-0.2, -0.15) is 0 Å². The van der Waals surface area contributed by atoms with Gasteiger partial charge in [-0.15, -0.1) is 0 Å². The summed E-state index contributed by atoms with van der Waals surface area (Å²) in [6, 6.07) is 0.572. The van der Waals surface area contributed by atoms with Gasteiger partial charge >= 0.3 is 0 Å². The van der Waals surface area contributed by atoms with Gasteiger partial charge in [-0.05, 0) is 19.8 Å². The molecule has 0 unspecified atom stereocenters. The summed E-state index contributed by atoms with van der Waals surface area (Å²) in [5.74, 6) is -0.0984. The van der Waals surface area contributed by atoms with Crippen LogP contribution in [0.1, 0.15) is 19.8 Å². The monoisotopic (exact) mass is 158 g/mol. The van der Waals surface area contributed by atoms with Crippen LogP contribution in [0.5, 0.6) is 0 Å². The summed E-state index contributed by atoms with van der Waals surface area (Å²) in [5.41, 5.74) is 2.31. The number of carbonyl (C=O) groups is 1. The van der Waals surface area contributed by atoms with Crippen LogP contribution in [0, 0.1) is 0 Å². The molecule has 1 amide bonds. The van der Waals surface area contributed by atoms with Gasteiger partial charge in [-0.1, -0.05) is 0 Å². The molecule has 0 heterocycles. The van der Waals surface area contributed by atoms with Crippen LogP contribution < -0.4 is 10.8 Å². The minimum absolute atomic E-state index is 0.0984. The molecule has 1 aliphatic rings. The molecule has 0 bridgehead atoms. The van der Waals surface area contributed by atoms with Crippen LogP contribution in [0.15, 0.2) is 0 Å². The highest BCUT2D eigenvalue weighted by Crippen LogP contribution is 2.17. The van der Waals surface area contributed by atoms with E-state index in [1.165, 1.54) is 12.8 Å². The summed E-state index contributed by atoms with van der Waals surface area (Å²) in [4.78, 5) is 15.5. The van der Waals surface area contributed by atoms with Crippen LogP contribution >= 0.6 is 0 Å². The predicted molar refractivity (Wildman–Crippen MR) is 40.8 cm³/mol. The van der Waals surface area contributed by atoms with E-state index < -0.39 is 0 Å². The standard InChI is InChI=1S/C7H14N2O2/c1-2-11-9-7(10)5-8-6-3-4-6/h6,8H,2-5H2,1H3,(H,9,10). The second kappa shape index (κ2) is 4.31. The molecule has 0 atom stereocenters.